The highest BCUT2D eigenvalue weighted by atomic mass is 31.3. The molecule has 1 aliphatic rings. The van der Waals surface area contributed by atoms with Crippen LogP contribution in [-0.2, 0) is 35.7 Å². The average molecular weight is 621 g/mol. The number of aromatic nitrogens is 2. The van der Waals surface area contributed by atoms with Crippen LogP contribution in [0.15, 0.2) is 52.2 Å². The van der Waals surface area contributed by atoms with E-state index in [4.69, 9.17) is 0 Å². The zero-order chi connectivity index (χ0) is 28.4. The summed E-state index contributed by atoms with van der Waals surface area (Å²) in [6, 6.07) is 7.70. The van der Waals surface area contributed by atoms with Gasteiger partial charge in [0.25, 0.3) is 5.56 Å². The van der Waals surface area contributed by atoms with Crippen LogP contribution >= 0.6 is 31.2 Å². The van der Waals surface area contributed by atoms with Gasteiger partial charge in [-0.05, 0) is 25.0 Å². The number of aliphatic hydroxyl groups excluding tert-OH is 1. The van der Waals surface area contributed by atoms with E-state index in [0.717, 1.165) is 6.07 Å². The Morgan fingerprint density at radius 2 is 1.55 bits per heavy atom. The summed E-state index contributed by atoms with van der Waals surface area (Å²) in [6.45, 7) is -0.710. The molecule has 7 atom stereocenters. The summed E-state index contributed by atoms with van der Waals surface area (Å²) in [5.41, 5.74) is -1.31. The lowest BCUT2D eigenvalue weighted by molar-refractivity contribution is 0.102. The van der Waals surface area contributed by atoms with Crippen LogP contribution in [-0.4, -0.2) is 46.9 Å². The average Bonchev–Trinajstić information content (AvgIpc) is 3.51. The van der Waals surface area contributed by atoms with Crippen molar-refractivity contribution in [3.8, 4) is 0 Å². The van der Waals surface area contributed by atoms with Gasteiger partial charge in [-0.2, -0.15) is 12.9 Å². The third kappa shape index (κ3) is 9.47. The predicted molar refractivity (Wildman–Crippen MR) is 128 cm³/mol. The molecule has 212 valence electrons. The minimum absolute atomic E-state index is 0.0273. The molecule has 0 saturated heterocycles. The standard InChI is InChI=1S/C16H23N3O15P4/c20-14(12-10-13(12)19-8-6-15(21)17-16(19)22)7-9-31-36(25,26)33-38(29,30)34-37(27,28)32-35(23,24)18-11-4-2-1-3-5-11/h1-6,8,12-14,20H,7,9-10H2,(H,25,26)(H,27,28)(H,29,30)(H,17,21,22)(H2,18,23,24). The van der Waals surface area contributed by atoms with Crippen molar-refractivity contribution < 1.29 is 60.4 Å². The smallest absolute Gasteiger partial charge is 0.393 e. The van der Waals surface area contributed by atoms with Crippen LogP contribution in [0.25, 0.3) is 0 Å². The Balaban J connectivity index is 1.48. The van der Waals surface area contributed by atoms with Crippen LogP contribution in [0.4, 0.5) is 5.69 Å². The van der Waals surface area contributed by atoms with Crippen molar-refractivity contribution in [1.82, 2.24) is 9.55 Å². The van der Waals surface area contributed by atoms with E-state index in [9.17, 15) is 52.5 Å². The van der Waals surface area contributed by atoms with Crippen molar-refractivity contribution >= 4 is 36.9 Å². The van der Waals surface area contributed by atoms with Crippen molar-refractivity contribution in [2.45, 2.75) is 25.0 Å². The summed E-state index contributed by atoms with van der Waals surface area (Å²) in [6.07, 6.45) is 0.141. The van der Waals surface area contributed by atoms with Crippen molar-refractivity contribution in [2.24, 2.45) is 5.92 Å². The van der Waals surface area contributed by atoms with Gasteiger partial charge in [0.2, 0.25) is 0 Å². The largest absolute Gasteiger partial charge is 0.490 e. The van der Waals surface area contributed by atoms with E-state index in [0.29, 0.717) is 6.42 Å². The van der Waals surface area contributed by atoms with Gasteiger partial charge in [0.1, 0.15) is 0 Å². The number of nitrogens with zero attached hydrogens (tertiary/aromatic N) is 1. The highest BCUT2D eigenvalue weighted by Gasteiger charge is 2.46. The van der Waals surface area contributed by atoms with Gasteiger partial charge in [-0.1, -0.05) is 18.2 Å². The number of phosphoric acid groups is 3. The Morgan fingerprint density at radius 3 is 2.18 bits per heavy atom. The minimum atomic E-state index is -5.90. The van der Waals surface area contributed by atoms with Gasteiger partial charge in [-0.15, -0.1) is 0 Å². The van der Waals surface area contributed by atoms with Crippen molar-refractivity contribution in [2.75, 3.05) is 11.7 Å². The van der Waals surface area contributed by atoms with Crippen LogP contribution in [0.1, 0.15) is 18.9 Å². The molecular formula is C16H23N3O15P4. The number of aromatic amines is 1. The Bertz CT molecular complexity index is 1450. The summed E-state index contributed by atoms with van der Waals surface area (Å²) >= 11 is 0. The summed E-state index contributed by atoms with van der Waals surface area (Å²) in [5, 5.41) is 12.1. The second kappa shape index (κ2) is 11.8. The van der Waals surface area contributed by atoms with Crippen LogP contribution in [0.5, 0.6) is 0 Å². The number of anilines is 1. The molecule has 1 fully saturated rings. The molecule has 0 spiro atoms. The molecule has 0 aliphatic heterocycles. The van der Waals surface area contributed by atoms with Gasteiger partial charge < -0.3 is 24.7 Å². The lowest BCUT2D eigenvalue weighted by Gasteiger charge is -2.20. The first-order chi connectivity index (χ1) is 17.5. The Morgan fingerprint density at radius 1 is 0.947 bits per heavy atom. The van der Waals surface area contributed by atoms with E-state index in [1.165, 1.54) is 35.0 Å². The first kappa shape index (κ1) is 30.8. The molecule has 7 N–H and O–H groups in total. The molecule has 0 radical (unpaired) electrons. The molecule has 1 aromatic heterocycles. The number of benzene rings is 1. The van der Waals surface area contributed by atoms with Gasteiger partial charge in [-0.3, -0.25) is 24.0 Å². The summed E-state index contributed by atoms with van der Waals surface area (Å²) in [7, 11) is -22.3. The SMILES string of the molecule is O=c1ccn(C2CC2C(O)CCOP(=O)(O)OP(=O)(O)OP(=O)(O)OP(=O)(O)Nc2ccccc2)c(=O)[nH]1. The molecule has 38 heavy (non-hydrogen) atoms. The number of aliphatic hydroxyl groups is 1. The Kier molecular flexibility index (Phi) is 9.55. The maximum atomic E-state index is 12.0. The molecule has 0 amide bonds. The number of rotatable bonds is 14. The topological polar surface area (TPSA) is 273 Å². The zero-order valence-electron chi connectivity index (χ0n) is 18.9. The quantitative estimate of drug-likeness (QED) is 0.147. The Hall–Kier alpha value is -1.74. The van der Waals surface area contributed by atoms with E-state index in [2.05, 4.69) is 22.4 Å². The fraction of sp³-hybridized carbons (Fsp3) is 0.375. The third-order valence-corrected chi connectivity index (χ3v) is 10.9. The fourth-order valence-corrected chi connectivity index (χ4v) is 8.42. The van der Waals surface area contributed by atoms with E-state index >= 15 is 0 Å². The molecular weight excluding hydrogens is 598 g/mol. The minimum Gasteiger partial charge on any atom is -0.393 e. The van der Waals surface area contributed by atoms with E-state index in [1.807, 2.05) is 5.09 Å². The third-order valence-electron chi connectivity index (χ3n) is 4.85. The second-order valence-corrected chi connectivity index (χ2v) is 14.1. The van der Waals surface area contributed by atoms with Gasteiger partial charge in [0.05, 0.1) is 12.7 Å². The maximum absolute atomic E-state index is 12.0. The van der Waals surface area contributed by atoms with Crippen LogP contribution in [0.3, 0.4) is 0 Å². The summed E-state index contributed by atoms with van der Waals surface area (Å²) in [4.78, 5) is 63.5. The fourth-order valence-electron chi connectivity index (χ4n) is 3.28. The Labute approximate surface area is 213 Å². The molecule has 0 bridgehead atoms. The second-order valence-electron chi connectivity index (χ2n) is 7.82. The van der Waals surface area contributed by atoms with Crippen LogP contribution < -0.4 is 16.3 Å². The molecule has 2 aromatic rings. The van der Waals surface area contributed by atoms with Crippen molar-refractivity contribution in [3.63, 3.8) is 0 Å². The first-order valence-corrected chi connectivity index (χ1v) is 16.5. The zero-order valence-corrected chi connectivity index (χ0v) is 22.5. The van der Waals surface area contributed by atoms with Crippen molar-refractivity contribution in [1.29, 1.82) is 0 Å². The number of phosphoric ester groups is 1. The van der Waals surface area contributed by atoms with E-state index < -0.39 is 67.1 Å². The highest BCUT2D eigenvalue weighted by Crippen LogP contribution is 2.71. The molecule has 1 aromatic carbocycles. The van der Waals surface area contributed by atoms with Gasteiger partial charge >= 0.3 is 36.9 Å². The number of para-hydroxylation sites is 1. The lowest BCUT2D eigenvalue weighted by Crippen LogP contribution is -2.29. The van der Waals surface area contributed by atoms with Crippen molar-refractivity contribution in [3.05, 3.63) is 63.4 Å². The summed E-state index contributed by atoms with van der Waals surface area (Å²) in [5.74, 6) is -0.468. The number of hydrogen-bond acceptors (Lipinski definition) is 11. The predicted octanol–water partition coefficient (Wildman–Crippen LogP) is 1.43. The molecule has 22 heteroatoms. The maximum Gasteiger partial charge on any atom is 0.490 e. The molecule has 1 saturated carbocycles. The molecule has 18 nitrogen and oxygen atoms in total. The van der Waals surface area contributed by atoms with Gasteiger partial charge in [-0.25, -0.2) is 23.1 Å². The monoisotopic (exact) mass is 621 g/mol. The summed E-state index contributed by atoms with van der Waals surface area (Å²) < 4.78 is 65.2. The molecule has 1 aliphatic carbocycles. The van der Waals surface area contributed by atoms with E-state index in [-0.39, 0.29) is 12.1 Å². The van der Waals surface area contributed by atoms with Gasteiger partial charge in [0.15, 0.2) is 0 Å². The number of hydrogen-bond donors (Lipinski definition) is 7. The number of H-pyrrole nitrogens is 1. The lowest BCUT2D eigenvalue weighted by atomic mass is 10.2. The highest BCUT2D eigenvalue weighted by molar-refractivity contribution is 7.71. The molecule has 1 heterocycles. The molecule has 3 rings (SSSR count). The molecule has 7 unspecified atom stereocenters. The first-order valence-electron chi connectivity index (χ1n) is 10.4. The van der Waals surface area contributed by atoms with Gasteiger partial charge in [0, 0.05) is 29.9 Å². The number of nitrogens with one attached hydrogen (secondary N) is 2. The van der Waals surface area contributed by atoms with Crippen LogP contribution in [0, 0.1) is 5.92 Å². The van der Waals surface area contributed by atoms with Crippen LogP contribution in [0.2, 0.25) is 0 Å². The van der Waals surface area contributed by atoms with E-state index in [1.54, 1.807) is 6.07 Å². The normalized spacial score (nSPS) is 24.2.